The molecular formula is C17H30N4O11. The molecule has 0 saturated carbocycles. The molecule has 15 heteroatoms. The summed E-state index contributed by atoms with van der Waals surface area (Å²) >= 11 is 0. The van der Waals surface area contributed by atoms with Crippen LogP contribution in [0.25, 0.3) is 0 Å². The lowest BCUT2D eigenvalue weighted by molar-refractivity contribution is -0.766. The SMILES string of the molecule is CC(C)C(=O)ON1C(C)(C)CC(CO[N+](=O)[O-])C(CO[N+](=O)[O-])C(CO[N+](=O)[O-])C1(C)C. The van der Waals surface area contributed by atoms with E-state index in [0.717, 1.165) is 0 Å². The van der Waals surface area contributed by atoms with Gasteiger partial charge in [-0.25, -0.2) is 0 Å². The number of hydrogen-bond acceptors (Lipinski definition) is 12. The van der Waals surface area contributed by atoms with Gasteiger partial charge in [-0.1, -0.05) is 13.8 Å². The molecule has 0 aromatic heterocycles. The van der Waals surface area contributed by atoms with Crippen LogP contribution < -0.4 is 0 Å². The Morgan fingerprint density at radius 2 is 1.41 bits per heavy atom. The molecule has 0 N–H and O–H groups in total. The molecule has 0 amide bonds. The summed E-state index contributed by atoms with van der Waals surface area (Å²) in [6.45, 7) is 8.53. The smallest absolute Gasteiger partial charge is 0.327 e. The summed E-state index contributed by atoms with van der Waals surface area (Å²) < 4.78 is 0. The Hall–Kier alpha value is -2.97. The molecular weight excluding hydrogens is 436 g/mol. The molecule has 0 aromatic carbocycles. The molecule has 0 bridgehead atoms. The van der Waals surface area contributed by atoms with Crippen molar-refractivity contribution in [2.45, 2.75) is 59.0 Å². The fourth-order valence-corrected chi connectivity index (χ4v) is 4.30. The summed E-state index contributed by atoms with van der Waals surface area (Å²) in [6.07, 6.45) is 0.135. The number of hydrogen-bond donors (Lipinski definition) is 0. The van der Waals surface area contributed by atoms with E-state index in [9.17, 15) is 35.1 Å². The highest BCUT2D eigenvalue weighted by Gasteiger charge is 2.54. The van der Waals surface area contributed by atoms with Gasteiger partial charge in [0, 0.05) is 5.92 Å². The lowest BCUT2D eigenvalue weighted by atomic mass is 9.73. The third-order valence-corrected chi connectivity index (χ3v) is 5.64. The van der Waals surface area contributed by atoms with Gasteiger partial charge in [-0.05, 0) is 46.0 Å². The van der Waals surface area contributed by atoms with E-state index in [0.29, 0.717) is 0 Å². The Bertz CT molecular complexity index is 713. The number of carbonyl (C=O) groups excluding carboxylic acids is 1. The van der Waals surface area contributed by atoms with Crippen LogP contribution in [0.5, 0.6) is 0 Å². The van der Waals surface area contributed by atoms with Gasteiger partial charge in [0.05, 0.1) is 23.6 Å². The fraction of sp³-hybridized carbons (Fsp3) is 0.941. The second-order valence-electron chi connectivity index (χ2n) is 9.12. The van der Waals surface area contributed by atoms with Crippen LogP contribution in [0.3, 0.4) is 0 Å². The maximum atomic E-state index is 12.4. The predicted octanol–water partition coefficient (Wildman–Crippen LogP) is 1.84. The molecule has 1 rings (SSSR count). The normalized spacial score (nSPS) is 24.8. The lowest BCUT2D eigenvalue weighted by Gasteiger charge is -2.48. The molecule has 3 unspecified atom stereocenters. The zero-order valence-electron chi connectivity index (χ0n) is 18.9. The summed E-state index contributed by atoms with van der Waals surface area (Å²) in [4.78, 5) is 64.4. The summed E-state index contributed by atoms with van der Waals surface area (Å²) in [5.41, 5.74) is -2.09. The van der Waals surface area contributed by atoms with Crippen LogP contribution in [0.15, 0.2) is 0 Å². The first-order valence-electron chi connectivity index (χ1n) is 9.93. The minimum atomic E-state index is -1.15. The fourth-order valence-electron chi connectivity index (χ4n) is 4.30. The lowest BCUT2D eigenvalue weighted by Crippen LogP contribution is -2.59. The first kappa shape index (κ1) is 27.1. The monoisotopic (exact) mass is 466 g/mol. The van der Waals surface area contributed by atoms with Crippen LogP contribution in [0.2, 0.25) is 0 Å². The summed E-state index contributed by atoms with van der Waals surface area (Å²) in [7, 11) is 0. The molecule has 1 aliphatic rings. The molecule has 1 heterocycles. The van der Waals surface area contributed by atoms with Gasteiger partial charge in [0.15, 0.2) is 0 Å². The van der Waals surface area contributed by atoms with E-state index in [4.69, 9.17) is 4.84 Å². The third-order valence-electron chi connectivity index (χ3n) is 5.64. The van der Waals surface area contributed by atoms with Gasteiger partial charge in [0.25, 0.3) is 15.3 Å². The standard InChI is InChI=1S/C17H30N4O11/c1-11(2)15(22)32-18-16(3,4)7-12(8-29-19(23)24)13(9-30-20(25)26)14(17(18,5)6)10-31-21(27)28/h11-14H,7-10H2,1-6H3. The van der Waals surface area contributed by atoms with Crippen molar-refractivity contribution in [2.75, 3.05) is 19.8 Å². The highest BCUT2D eigenvalue weighted by atomic mass is 17.0. The summed E-state index contributed by atoms with van der Waals surface area (Å²) in [5.74, 6) is -3.50. The van der Waals surface area contributed by atoms with Crippen molar-refractivity contribution in [3.05, 3.63) is 30.3 Å². The Morgan fingerprint density at radius 1 is 0.938 bits per heavy atom. The molecule has 0 aliphatic carbocycles. The second-order valence-corrected chi connectivity index (χ2v) is 9.12. The quantitative estimate of drug-likeness (QED) is 0.318. The van der Waals surface area contributed by atoms with Crippen molar-refractivity contribution in [1.82, 2.24) is 5.06 Å². The van der Waals surface area contributed by atoms with E-state index >= 15 is 0 Å². The third kappa shape index (κ3) is 7.03. The van der Waals surface area contributed by atoms with Crippen LogP contribution in [0.1, 0.15) is 48.0 Å². The van der Waals surface area contributed by atoms with E-state index in [1.807, 2.05) is 0 Å². The van der Waals surface area contributed by atoms with Crippen LogP contribution in [0, 0.1) is 54.0 Å². The van der Waals surface area contributed by atoms with Crippen molar-refractivity contribution in [1.29, 1.82) is 0 Å². The Balaban J connectivity index is 3.54. The highest BCUT2D eigenvalue weighted by molar-refractivity contribution is 5.71. The van der Waals surface area contributed by atoms with Crippen molar-refractivity contribution in [2.24, 2.45) is 23.7 Å². The molecule has 32 heavy (non-hydrogen) atoms. The molecule has 0 aromatic rings. The largest absolute Gasteiger partial charge is 0.367 e. The molecule has 1 fully saturated rings. The van der Waals surface area contributed by atoms with Crippen molar-refractivity contribution in [3.8, 4) is 0 Å². The Morgan fingerprint density at radius 3 is 1.88 bits per heavy atom. The topological polar surface area (TPSA) is 187 Å². The van der Waals surface area contributed by atoms with E-state index in [1.165, 1.54) is 5.06 Å². The minimum Gasteiger partial charge on any atom is -0.367 e. The van der Waals surface area contributed by atoms with Gasteiger partial charge in [-0.2, -0.15) is 0 Å². The number of nitrogens with zero attached hydrogens (tertiary/aromatic N) is 4. The van der Waals surface area contributed by atoms with E-state index in [-0.39, 0.29) is 6.42 Å². The average molecular weight is 466 g/mol. The molecule has 184 valence electrons. The van der Waals surface area contributed by atoms with Crippen LogP contribution in [-0.2, 0) is 24.1 Å². The van der Waals surface area contributed by atoms with Gasteiger partial charge >= 0.3 is 5.97 Å². The highest BCUT2D eigenvalue weighted by Crippen LogP contribution is 2.46. The first-order valence-corrected chi connectivity index (χ1v) is 9.93. The summed E-state index contributed by atoms with van der Waals surface area (Å²) in [5, 5.41) is 31.0. The molecule has 15 nitrogen and oxygen atoms in total. The second kappa shape index (κ2) is 10.6. The van der Waals surface area contributed by atoms with Crippen LogP contribution in [0.4, 0.5) is 0 Å². The maximum absolute atomic E-state index is 12.4. The van der Waals surface area contributed by atoms with Gasteiger partial charge < -0.3 is 19.4 Å². The zero-order chi connectivity index (χ0) is 24.9. The van der Waals surface area contributed by atoms with Crippen LogP contribution in [-0.4, -0.2) is 57.2 Å². The van der Waals surface area contributed by atoms with Crippen LogP contribution >= 0.6 is 0 Å². The minimum absolute atomic E-state index is 0.135. The Kier molecular flexibility index (Phi) is 8.93. The number of hydroxylamine groups is 2. The zero-order valence-corrected chi connectivity index (χ0v) is 18.9. The maximum Gasteiger partial charge on any atom is 0.327 e. The van der Waals surface area contributed by atoms with Gasteiger partial charge in [-0.3, -0.25) is 4.79 Å². The molecule has 1 aliphatic heterocycles. The predicted molar refractivity (Wildman–Crippen MR) is 105 cm³/mol. The number of carbonyl (C=O) groups is 1. The first-order chi connectivity index (χ1) is 14.6. The number of rotatable bonds is 11. The van der Waals surface area contributed by atoms with Crippen molar-refractivity contribution < 1.29 is 39.4 Å². The van der Waals surface area contributed by atoms with E-state index in [2.05, 4.69) is 14.5 Å². The summed E-state index contributed by atoms with van der Waals surface area (Å²) in [6, 6.07) is 0. The average Bonchev–Trinajstić information content (AvgIpc) is 2.69. The molecule has 1 saturated heterocycles. The van der Waals surface area contributed by atoms with Crippen molar-refractivity contribution >= 4 is 5.97 Å². The Labute approximate surface area is 184 Å². The molecule has 0 radical (unpaired) electrons. The van der Waals surface area contributed by atoms with E-state index < -0.39 is 75.8 Å². The molecule has 3 atom stereocenters. The van der Waals surface area contributed by atoms with Gasteiger partial charge in [0.1, 0.15) is 13.2 Å². The van der Waals surface area contributed by atoms with Gasteiger partial charge in [-0.15, -0.1) is 35.4 Å². The van der Waals surface area contributed by atoms with Gasteiger partial charge in [0.2, 0.25) is 0 Å². The van der Waals surface area contributed by atoms with E-state index in [1.54, 1.807) is 41.5 Å². The molecule has 0 spiro atoms. The van der Waals surface area contributed by atoms with Crippen molar-refractivity contribution in [3.63, 3.8) is 0 Å².